The maximum Gasteiger partial charge on any atom is 0.272 e. The Hall–Kier alpha value is -1.92. The molecule has 1 aliphatic carbocycles. The summed E-state index contributed by atoms with van der Waals surface area (Å²) in [6, 6.07) is 9.51. The Balaban J connectivity index is 1.68. The lowest BCUT2D eigenvalue weighted by Crippen LogP contribution is -2.56. The molecule has 3 atom stereocenters. The Bertz CT molecular complexity index is 674. The van der Waals surface area contributed by atoms with Crippen LogP contribution in [0.3, 0.4) is 0 Å². The molecule has 2 N–H and O–H groups in total. The van der Waals surface area contributed by atoms with Gasteiger partial charge in [-0.1, -0.05) is 49.6 Å². The quantitative estimate of drug-likeness (QED) is 0.855. The van der Waals surface area contributed by atoms with Crippen molar-refractivity contribution in [3.8, 4) is 0 Å². The smallest absolute Gasteiger partial charge is 0.272 e. The number of aliphatic hydroxyl groups is 1. The number of likely N-dealkylation sites (tertiary alicyclic amines) is 1. The summed E-state index contributed by atoms with van der Waals surface area (Å²) >= 11 is 0. The monoisotopic (exact) mass is 343 g/mol. The fraction of sp³-hybridized carbons (Fsp3) is 0.579. The van der Waals surface area contributed by atoms with Crippen molar-refractivity contribution < 1.29 is 14.7 Å². The second-order valence-electron chi connectivity index (χ2n) is 7.48. The van der Waals surface area contributed by atoms with Crippen LogP contribution in [-0.2, 0) is 9.59 Å². The molecule has 0 bridgehead atoms. The maximum atomic E-state index is 13.0. The first kappa shape index (κ1) is 16.5. The maximum absolute atomic E-state index is 13.0. The number of fused-ring (bicyclic) bond motifs is 1. The molecule has 3 fully saturated rings. The molecule has 3 aliphatic rings. The van der Waals surface area contributed by atoms with Gasteiger partial charge >= 0.3 is 0 Å². The Morgan fingerprint density at radius 3 is 2.52 bits per heavy atom. The standard InChI is InChI=1S/C19H25N3O3/c1-13(23)22-17(14-8-4-2-5-9-14)16-12-21(15-10-6-3-7-11-15)18(24)19(16,25)20-22/h2,4-5,8-9,15-17,20,25H,3,6-7,10-12H2,1H3/t16-,17-,19-/m1/s1. The predicted molar refractivity (Wildman–Crippen MR) is 91.9 cm³/mol. The van der Waals surface area contributed by atoms with E-state index in [1.54, 1.807) is 0 Å². The molecular weight excluding hydrogens is 318 g/mol. The Kier molecular flexibility index (Phi) is 4.04. The van der Waals surface area contributed by atoms with Crippen LogP contribution in [0.15, 0.2) is 30.3 Å². The Morgan fingerprint density at radius 1 is 1.20 bits per heavy atom. The molecule has 1 aromatic rings. The molecule has 134 valence electrons. The minimum atomic E-state index is -1.69. The molecule has 2 aliphatic heterocycles. The topological polar surface area (TPSA) is 72.9 Å². The number of nitrogens with zero attached hydrogens (tertiary/aromatic N) is 2. The van der Waals surface area contributed by atoms with Gasteiger partial charge in [0.25, 0.3) is 5.91 Å². The van der Waals surface area contributed by atoms with Crippen LogP contribution in [0.5, 0.6) is 0 Å². The van der Waals surface area contributed by atoms with Gasteiger partial charge in [-0.25, -0.2) is 0 Å². The molecule has 1 aromatic carbocycles. The summed E-state index contributed by atoms with van der Waals surface area (Å²) in [4.78, 5) is 27.0. The van der Waals surface area contributed by atoms with Gasteiger partial charge in [-0.3, -0.25) is 14.6 Å². The highest BCUT2D eigenvalue weighted by atomic mass is 16.3. The minimum Gasteiger partial charge on any atom is -0.366 e. The molecule has 4 rings (SSSR count). The number of hydrazine groups is 1. The summed E-state index contributed by atoms with van der Waals surface area (Å²) in [6.07, 6.45) is 5.48. The largest absolute Gasteiger partial charge is 0.366 e. The molecule has 2 saturated heterocycles. The van der Waals surface area contributed by atoms with E-state index in [0.717, 1.165) is 31.2 Å². The number of amides is 2. The van der Waals surface area contributed by atoms with Gasteiger partial charge in [0.15, 0.2) is 0 Å². The minimum absolute atomic E-state index is 0.200. The summed E-state index contributed by atoms with van der Waals surface area (Å²) in [5, 5.41) is 12.6. The van der Waals surface area contributed by atoms with E-state index in [1.807, 2.05) is 35.2 Å². The highest BCUT2D eigenvalue weighted by Crippen LogP contribution is 2.46. The molecule has 1 saturated carbocycles. The average Bonchev–Trinajstić information content (AvgIpc) is 3.07. The number of nitrogens with one attached hydrogen (secondary N) is 1. The Labute approximate surface area is 147 Å². The second kappa shape index (κ2) is 6.11. The normalized spacial score (nSPS) is 33.0. The van der Waals surface area contributed by atoms with Crippen LogP contribution < -0.4 is 5.43 Å². The molecule has 2 amide bonds. The summed E-state index contributed by atoms with van der Waals surface area (Å²) < 4.78 is 0. The van der Waals surface area contributed by atoms with Crippen LogP contribution in [-0.4, -0.2) is 45.1 Å². The van der Waals surface area contributed by atoms with Gasteiger partial charge in [-0.2, -0.15) is 5.43 Å². The van der Waals surface area contributed by atoms with Gasteiger partial charge in [-0.05, 0) is 18.4 Å². The van der Waals surface area contributed by atoms with E-state index in [1.165, 1.54) is 18.4 Å². The van der Waals surface area contributed by atoms with Crippen LogP contribution >= 0.6 is 0 Å². The lowest BCUT2D eigenvalue weighted by molar-refractivity contribution is -0.153. The first-order chi connectivity index (χ1) is 12.0. The van der Waals surface area contributed by atoms with Gasteiger partial charge in [0.1, 0.15) is 0 Å². The number of rotatable bonds is 2. The van der Waals surface area contributed by atoms with Gasteiger partial charge in [-0.15, -0.1) is 0 Å². The van der Waals surface area contributed by atoms with Crippen molar-refractivity contribution in [1.82, 2.24) is 15.3 Å². The molecule has 2 heterocycles. The fourth-order valence-electron chi connectivity index (χ4n) is 4.71. The number of carbonyl (C=O) groups excluding carboxylic acids is 2. The van der Waals surface area contributed by atoms with Gasteiger partial charge in [0, 0.05) is 19.5 Å². The van der Waals surface area contributed by atoms with Crippen molar-refractivity contribution in [3.05, 3.63) is 35.9 Å². The Morgan fingerprint density at radius 2 is 1.88 bits per heavy atom. The van der Waals surface area contributed by atoms with Crippen LogP contribution in [0.25, 0.3) is 0 Å². The van der Waals surface area contributed by atoms with E-state index in [0.29, 0.717) is 6.54 Å². The first-order valence-electron chi connectivity index (χ1n) is 9.18. The lowest BCUT2D eigenvalue weighted by atomic mass is 9.88. The van der Waals surface area contributed by atoms with E-state index in [4.69, 9.17) is 0 Å². The zero-order valence-corrected chi connectivity index (χ0v) is 14.5. The third kappa shape index (κ3) is 2.55. The lowest BCUT2D eigenvalue weighted by Gasteiger charge is -2.34. The summed E-state index contributed by atoms with van der Waals surface area (Å²) in [5.41, 5.74) is 2.09. The number of hydrogen-bond acceptors (Lipinski definition) is 4. The van der Waals surface area contributed by atoms with Crippen LogP contribution in [0.2, 0.25) is 0 Å². The van der Waals surface area contributed by atoms with Crippen LogP contribution in [0.1, 0.15) is 50.6 Å². The zero-order chi connectivity index (χ0) is 17.6. The predicted octanol–water partition coefficient (Wildman–Crippen LogP) is 1.57. The first-order valence-corrected chi connectivity index (χ1v) is 9.18. The molecule has 0 radical (unpaired) electrons. The molecule has 0 aromatic heterocycles. The number of carbonyl (C=O) groups is 2. The molecule has 0 unspecified atom stereocenters. The van der Waals surface area contributed by atoms with Gasteiger partial charge in [0.05, 0.1) is 12.0 Å². The molecule has 6 nitrogen and oxygen atoms in total. The van der Waals surface area contributed by atoms with Crippen molar-refractivity contribution in [2.45, 2.75) is 56.8 Å². The van der Waals surface area contributed by atoms with Gasteiger partial charge < -0.3 is 10.0 Å². The zero-order valence-electron chi connectivity index (χ0n) is 14.5. The molecule has 6 heteroatoms. The van der Waals surface area contributed by atoms with Crippen molar-refractivity contribution >= 4 is 11.8 Å². The third-order valence-corrected chi connectivity index (χ3v) is 5.96. The van der Waals surface area contributed by atoms with E-state index < -0.39 is 5.72 Å². The van der Waals surface area contributed by atoms with Gasteiger partial charge in [0.2, 0.25) is 11.6 Å². The van der Waals surface area contributed by atoms with Crippen molar-refractivity contribution in [3.63, 3.8) is 0 Å². The van der Waals surface area contributed by atoms with Crippen LogP contribution in [0.4, 0.5) is 0 Å². The summed E-state index contributed by atoms with van der Waals surface area (Å²) in [5.74, 6) is -0.851. The fourth-order valence-corrected chi connectivity index (χ4v) is 4.71. The van der Waals surface area contributed by atoms with E-state index in [2.05, 4.69) is 5.43 Å². The number of hydrogen-bond donors (Lipinski definition) is 2. The average molecular weight is 343 g/mol. The highest BCUT2D eigenvalue weighted by Gasteiger charge is 2.64. The van der Waals surface area contributed by atoms with Crippen molar-refractivity contribution in [2.24, 2.45) is 5.92 Å². The highest BCUT2D eigenvalue weighted by molar-refractivity contribution is 5.89. The SMILES string of the molecule is CC(=O)N1N[C@]2(O)C(=O)N(C3CCCCC3)C[C@@H]2[C@H]1c1ccccc1. The third-order valence-electron chi connectivity index (χ3n) is 5.96. The van der Waals surface area contributed by atoms with E-state index in [-0.39, 0.29) is 29.8 Å². The van der Waals surface area contributed by atoms with E-state index in [9.17, 15) is 14.7 Å². The van der Waals surface area contributed by atoms with E-state index >= 15 is 0 Å². The molecular formula is C19H25N3O3. The number of benzene rings is 1. The molecule has 25 heavy (non-hydrogen) atoms. The molecule has 0 spiro atoms. The van der Waals surface area contributed by atoms with Crippen molar-refractivity contribution in [1.29, 1.82) is 0 Å². The second-order valence-corrected chi connectivity index (χ2v) is 7.48. The summed E-state index contributed by atoms with van der Waals surface area (Å²) in [6.45, 7) is 1.94. The summed E-state index contributed by atoms with van der Waals surface area (Å²) in [7, 11) is 0. The van der Waals surface area contributed by atoms with Crippen molar-refractivity contribution in [2.75, 3.05) is 6.54 Å². The van der Waals surface area contributed by atoms with Crippen LogP contribution in [0, 0.1) is 5.92 Å².